The lowest BCUT2D eigenvalue weighted by molar-refractivity contribution is 0.267. The Morgan fingerprint density at radius 1 is 1.10 bits per heavy atom. The number of benzene rings is 2. The van der Waals surface area contributed by atoms with Gasteiger partial charge in [0.1, 0.15) is 11.3 Å². The van der Waals surface area contributed by atoms with Gasteiger partial charge in [0.15, 0.2) is 12.2 Å². The van der Waals surface area contributed by atoms with Gasteiger partial charge in [-0.25, -0.2) is 4.98 Å². The fraction of sp³-hybridized carbons (Fsp3) is 0.0714. The van der Waals surface area contributed by atoms with Crippen LogP contribution in [0.25, 0.3) is 11.1 Å². The Morgan fingerprint density at radius 3 is 2.75 bits per heavy atom. The van der Waals surface area contributed by atoms with Crippen molar-refractivity contribution >= 4 is 40.0 Å². The summed E-state index contributed by atoms with van der Waals surface area (Å²) >= 11 is 11.7. The Kier molecular flexibility index (Phi) is 3.42. The lowest BCUT2D eigenvalue weighted by Crippen LogP contribution is -1.95. The minimum Gasteiger partial charge on any atom is -0.484 e. The number of hydrogen-bond donors (Lipinski definition) is 1. The molecule has 1 heterocycles. The van der Waals surface area contributed by atoms with Crippen molar-refractivity contribution in [1.29, 1.82) is 0 Å². The van der Waals surface area contributed by atoms with E-state index in [-0.39, 0.29) is 6.61 Å². The van der Waals surface area contributed by atoms with Gasteiger partial charge in [0.2, 0.25) is 5.89 Å². The molecule has 6 heteroatoms. The van der Waals surface area contributed by atoms with E-state index >= 15 is 0 Å². The van der Waals surface area contributed by atoms with Gasteiger partial charge in [0.25, 0.3) is 0 Å². The molecule has 0 saturated carbocycles. The van der Waals surface area contributed by atoms with Gasteiger partial charge >= 0.3 is 0 Å². The number of nitrogen functional groups attached to an aromatic ring is 1. The van der Waals surface area contributed by atoms with Gasteiger partial charge in [-0.3, -0.25) is 0 Å². The number of oxazole rings is 1. The van der Waals surface area contributed by atoms with Crippen LogP contribution in [0.1, 0.15) is 5.89 Å². The third-order valence-electron chi connectivity index (χ3n) is 2.71. The number of hydrogen-bond acceptors (Lipinski definition) is 4. The fourth-order valence-corrected chi connectivity index (χ4v) is 2.05. The smallest absolute Gasteiger partial charge is 0.233 e. The third-order valence-corrected chi connectivity index (χ3v) is 3.45. The van der Waals surface area contributed by atoms with Crippen molar-refractivity contribution in [3.8, 4) is 5.75 Å². The Bertz CT molecular complexity index is 771. The molecule has 0 bridgehead atoms. The maximum Gasteiger partial charge on any atom is 0.233 e. The van der Waals surface area contributed by atoms with E-state index < -0.39 is 0 Å². The summed E-state index contributed by atoms with van der Waals surface area (Å²) in [5, 5.41) is 0.922. The molecule has 20 heavy (non-hydrogen) atoms. The number of anilines is 1. The minimum atomic E-state index is 0.201. The summed E-state index contributed by atoms with van der Waals surface area (Å²) in [5.41, 5.74) is 7.71. The number of aromatic nitrogens is 1. The largest absolute Gasteiger partial charge is 0.484 e. The van der Waals surface area contributed by atoms with Crippen LogP contribution in [0, 0.1) is 0 Å². The molecule has 0 fully saturated rings. The number of fused-ring (bicyclic) bond motifs is 1. The average Bonchev–Trinajstić information content (AvgIpc) is 2.82. The summed E-state index contributed by atoms with van der Waals surface area (Å²) in [6.07, 6.45) is 0. The molecule has 0 saturated heterocycles. The summed E-state index contributed by atoms with van der Waals surface area (Å²) < 4.78 is 11.1. The van der Waals surface area contributed by atoms with E-state index in [2.05, 4.69) is 4.98 Å². The summed E-state index contributed by atoms with van der Waals surface area (Å²) in [5.74, 6) is 1.07. The molecule has 0 unspecified atom stereocenters. The average molecular weight is 309 g/mol. The first-order valence-electron chi connectivity index (χ1n) is 5.84. The van der Waals surface area contributed by atoms with Crippen molar-refractivity contribution in [2.45, 2.75) is 6.61 Å². The molecule has 0 spiro atoms. The zero-order valence-electron chi connectivity index (χ0n) is 10.3. The molecule has 0 atom stereocenters. The lowest BCUT2D eigenvalue weighted by atomic mass is 10.3. The van der Waals surface area contributed by atoms with Gasteiger partial charge in [0.05, 0.1) is 10.0 Å². The van der Waals surface area contributed by atoms with Crippen molar-refractivity contribution in [1.82, 2.24) is 4.98 Å². The maximum absolute atomic E-state index is 5.91. The highest BCUT2D eigenvalue weighted by molar-refractivity contribution is 6.42. The molecular formula is C14H10Cl2N2O2. The molecule has 4 nitrogen and oxygen atoms in total. The Balaban J connectivity index is 1.77. The summed E-state index contributed by atoms with van der Waals surface area (Å²) in [4.78, 5) is 4.30. The van der Waals surface area contributed by atoms with Gasteiger partial charge in [-0.05, 0) is 30.3 Å². The molecule has 2 N–H and O–H groups in total. The fourth-order valence-electron chi connectivity index (χ4n) is 1.77. The predicted molar refractivity (Wildman–Crippen MR) is 79.2 cm³/mol. The molecule has 0 aliphatic carbocycles. The minimum absolute atomic E-state index is 0.201. The molecule has 3 aromatic rings. The Labute approximate surface area is 125 Å². The van der Waals surface area contributed by atoms with Gasteiger partial charge in [0, 0.05) is 11.8 Å². The lowest BCUT2D eigenvalue weighted by Gasteiger charge is -2.04. The second kappa shape index (κ2) is 5.23. The van der Waals surface area contributed by atoms with Crippen LogP contribution in [0.3, 0.4) is 0 Å². The number of halogens is 2. The monoisotopic (exact) mass is 308 g/mol. The van der Waals surface area contributed by atoms with E-state index in [1.54, 1.807) is 36.4 Å². The Hall–Kier alpha value is -1.91. The Morgan fingerprint density at radius 2 is 1.95 bits per heavy atom. The van der Waals surface area contributed by atoms with E-state index in [1.807, 2.05) is 0 Å². The first-order valence-corrected chi connectivity index (χ1v) is 6.60. The summed E-state index contributed by atoms with van der Waals surface area (Å²) in [6, 6.07) is 10.3. The van der Waals surface area contributed by atoms with Crippen LogP contribution in [-0.2, 0) is 6.61 Å². The zero-order chi connectivity index (χ0) is 14.1. The molecule has 1 aromatic heterocycles. The highest BCUT2D eigenvalue weighted by Gasteiger charge is 2.07. The van der Waals surface area contributed by atoms with Crippen molar-refractivity contribution < 1.29 is 9.15 Å². The van der Waals surface area contributed by atoms with Crippen LogP contribution in [0.15, 0.2) is 40.8 Å². The van der Waals surface area contributed by atoms with E-state index in [9.17, 15) is 0 Å². The van der Waals surface area contributed by atoms with Crippen molar-refractivity contribution in [2.75, 3.05) is 5.73 Å². The van der Waals surface area contributed by atoms with Gasteiger partial charge in [-0.15, -0.1) is 0 Å². The number of rotatable bonds is 3. The first kappa shape index (κ1) is 13.1. The number of nitrogens with zero attached hydrogens (tertiary/aromatic N) is 1. The molecule has 102 valence electrons. The molecule has 3 rings (SSSR count). The molecule has 0 radical (unpaired) electrons. The molecule has 0 amide bonds. The second-order valence-electron chi connectivity index (χ2n) is 4.20. The van der Waals surface area contributed by atoms with E-state index in [0.717, 1.165) is 0 Å². The predicted octanol–water partition coefficient (Wildman–Crippen LogP) is 4.30. The van der Waals surface area contributed by atoms with E-state index in [4.69, 9.17) is 38.1 Å². The SMILES string of the molecule is Nc1ccc2oc(COc3ccc(Cl)c(Cl)c3)nc2c1. The van der Waals surface area contributed by atoms with Gasteiger partial charge in [-0.2, -0.15) is 0 Å². The maximum atomic E-state index is 5.91. The first-order chi connectivity index (χ1) is 9.61. The summed E-state index contributed by atoms with van der Waals surface area (Å²) in [6.45, 7) is 0.201. The summed E-state index contributed by atoms with van der Waals surface area (Å²) in [7, 11) is 0. The van der Waals surface area contributed by atoms with Crippen molar-refractivity contribution in [3.05, 3.63) is 52.3 Å². The topological polar surface area (TPSA) is 61.3 Å². The second-order valence-corrected chi connectivity index (χ2v) is 5.01. The van der Waals surface area contributed by atoms with E-state index in [0.29, 0.717) is 38.5 Å². The molecule has 2 aromatic carbocycles. The van der Waals surface area contributed by atoms with Crippen LogP contribution < -0.4 is 10.5 Å². The standard InChI is InChI=1S/C14H10Cl2N2O2/c15-10-3-2-9(6-11(10)16)19-7-14-18-12-5-8(17)1-4-13(12)20-14/h1-6H,7,17H2. The van der Waals surface area contributed by atoms with Crippen molar-refractivity contribution in [2.24, 2.45) is 0 Å². The van der Waals surface area contributed by atoms with Crippen LogP contribution in [-0.4, -0.2) is 4.98 Å². The van der Waals surface area contributed by atoms with Crippen LogP contribution >= 0.6 is 23.2 Å². The molecule has 0 aliphatic rings. The zero-order valence-corrected chi connectivity index (χ0v) is 11.8. The third kappa shape index (κ3) is 2.66. The van der Waals surface area contributed by atoms with Crippen LogP contribution in [0.5, 0.6) is 5.75 Å². The van der Waals surface area contributed by atoms with Crippen molar-refractivity contribution in [3.63, 3.8) is 0 Å². The quantitative estimate of drug-likeness (QED) is 0.733. The van der Waals surface area contributed by atoms with Crippen LogP contribution in [0.2, 0.25) is 10.0 Å². The number of ether oxygens (including phenoxy) is 1. The highest BCUT2D eigenvalue weighted by atomic mass is 35.5. The van der Waals surface area contributed by atoms with Gasteiger partial charge < -0.3 is 14.9 Å². The van der Waals surface area contributed by atoms with E-state index in [1.165, 1.54) is 0 Å². The molecular weight excluding hydrogens is 299 g/mol. The van der Waals surface area contributed by atoms with Gasteiger partial charge in [-0.1, -0.05) is 23.2 Å². The molecule has 0 aliphatic heterocycles. The highest BCUT2D eigenvalue weighted by Crippen LogP contribution is 2.27. The number of nitrogens with two attached hydrogens (primary N) is 1. The van der Waals surface area contributed by atoms with Crippen LogP contribution in [0.4, 0.5) is 5.69 Å². The normalized spacial score (nSPS) is 10.9.